The summed E-state index contributed by atoms with van der Waals surface area (Å²) in [4.78, 5) is 14.5. The molecule has 3 nitrogen and oxygen atoms in total. The lowest BCUT2D eigenvalue weighted by molar-refractivity contribution is -0.258. The molecule has 0 aromatic heterocycles. The monoisotopic (exact) mass is 343 g/mol. The van der Waals surface area contributed by atoms with Crippen molar-refractivity contribution < 1.29 is 23.1 Å². The number of hydrogen-bond donors (Lipinski definition) is 1. The van der Waals surface area contributed by atoms with Crippen LogP contribution in [-0.4, -0.2) is 34.7 Å². The van der Waals surface area contributed by atoms with Crippen LogP contribution in [0.5, 0.6) is 0 Å². The second-order valence-electron chi connectivity index (χ2n) is 6.53. The second-order valence-corrected chi connectivity index (χ2v) is 6.53. The van der Waals surface area contributed by atoms with Gasteiger partial charge in [-0.2, -0.15) is 13.2 Å². The first-order chi connectivity index (χ1) is 11.2. The highest BCUT2D eigenvalue weighted by molar-refractivity contribution is 5.94. The average molecular weight is 343 g/mol. The van der Waals surface area contributed by atoms with Crippen molar-refractivity contribution in [3.8, 4) is 0 Å². The molecule has 1 atom stereocenters. The first kappa shape index (κ1) is 18.8. The van der Waals surface area contributed by atoms with E-state index in [1.54, 1.807) is 4.90 Å². The molecule has 0 bridgehead atoms. The van der Waals surface area contributed by atoms with Gasteiger partial charge in [-0.1, -0.05) is 31.4 Å². The highest BCUT2D eigenvalue weighted by atomic mass is 19.4. The van der Waals surface area contributed by atoms with Crippen LogP contribution in [0.15, 0.2) is 24.3 Å². The summed E-state index contributed by atoms with van der Waals surface area (Å²) in [5.74, 6) is -0.164. The van der Waals surface area contributed by atoms with Gasteiger partial charge >= 0.3 is 6.18 Å². The zero-order valence-corrected chi connectivity index (χ0v) is 14.1. The van der Waals surface area contributed by atoms with Crippen LogP contribution in [0.2, 0.25) is 0 Å². The number of benzene rings is 1. The molecule has 1 saturated carbocycles. The Hall–Kier alpha value is -1.56. The van der Waals surface area contributed by atoms with E-state index in [2.05, 4.69) is 0 Å². The Kier molecular flexibility index (Phi) is 5.58. The summed E-state index contributed by atoms with van der Waals surface area (Å²) in [6.45, 7) is 3.20. The number of carbonyl (C=O) groups excluding carboxylic acids is 1. The van der Waals surface area contributed by atoms with Crippen LogP contribution in [0.25, 0.3) is 0 Å². The van der Waals surface area contributed by atoms with E-state index < -0.39 is 11.8 Å². The topological polar surface area (TPSA) is 40.5 Å². The number of amides is 1. The molecule has 1 N–H and O–H groups in total. The SMILES string of the molecule is CCN(C(=O)c1ccc([C@@](C)(O)C(F)(F)F)cc1)C1CCCCC1. The minimum absolute atomic E-state index is 0.164. The van der Waals surface area contributed by atoms with E-state index in [9.17, 15) is 23.1 Å². The van der Waals surface area contributed by atoms with Crippen LogP contribution < -0.4 is 0 Å². The van der Waals surface area contributed by atoms with Gasteiger partial charge in [0.15, 0.2) is 5.60 Å². The molecular weight excluding hydrogens is 319 g/mol. The molecule has 0 spiro atoms. The third-order valence-corrected chi connectivity index (χ3v) is 4.86. The molecule has 6 heteroatoms. The van der Waals surface area contributed by atoms with Gasteiger partial charge < -0.3 is 10.0 Å². The van der Waals surface area contributed by atoms with E-state index in [4.69, 9.17) is 0 Å². The maximum absolute atomic E-state index is 12.9. The van der Waals surface area contributed by atoms with Crippen LogP contribution in [0.3, 0.4) is 0 Å². The van der Waals surface area contributed by atoms with Crippen molar-refractivity contribution in [1.82, 2.24) is 4.90 Å². The quantitative estimate of drug-likeness (QED) is 0.888. The smallest absolute Gasteiger partial charge is 0.376 e. The van der Waals surface area contributed by atoms with Gasteiger partial charge in [-0.3, -0.25) is 4.79 Å². The molecule has 1 aromatic rings. The van der Waals surface area contributed by atoms with Gasteiger partial charge in [-0.25, -0.2) is 0 Å². The molecule has 1 amide bonds. The van der Waals surface area contributed by atoms with E-state index in [1.165, 1.54) is 30.7 Å². The molecule has 1 aromatic carbocycles. The fourth-order valence-electron chi connectivity index (χ4n) is 3.23. The highest BCUT2D eigenvalue weighted by Crippen LogP contribution is 2.38. The van der Waals surface area contributed by atoms with Crippen LogP contribution in [0, 0.1) is 0 Å². The lowest BCUT2D eigenvalue weighted by Crippen LogP contribution is -2.41. The molecule has 0 aliphatic heterocycles. The van der Waals surface area contributed by atoms with E-state index in [1.807, 2.05) is 6.92 Å². The Morgan fingerprint density at radius 3 is 2.17 bits per heavy atom. The van der Waals surface area contributed by atoms with Gasteiger partial charge in [-0.15, -0.1) is 0 Å². The summed E-state index contributed by atoms with van der Waals surface area (Å²) >= 11 is 0. The van der Waals surface area contributed by atoms with Gasteiger partial charge in [0.1, 0.15) is 0 Å². The number of hydrogen-bond acceptors (Lipinski definition) is 2. The van der Waals surface area contributed by atoms with Crippen molar-refractivity contribution in [2.75, 3.05) is 6.54 Å². The van der Waals surface area contributed by atoms with Crippen molar-refractivity contribution in [2.45, 2.75) is 63.8 Å². The number of alkyl halides is 3. The standard InChI is InChI=1S/C18H24F3NO2/c1-3-22(15-7-5-4-6-8-15)16(23)13-9-11-14(12-10-13)17(2,24)18(19,20)21/h9-12,15,24H,3-8H2,1-2H3/t17-/m1/s1. The third kappa shape index (κ3) is 3.74. The summed E-state index contributed by atoms with van der Waals surface area (Å²) < 4.78 is 38.6. The lowest BCUT2D eigenvalue weighted by Gasteiger charge is -2.34. The van der Waals surface area contributed by atoms with Gasteiger partial charge in [0.05, 0.1) is 0 Å². The molecule has 0 saturated heterocycles. The van der Waals surface area contributed by atoms with E-state index in [-0.39, 0.29) is 17.5 Å². The Labute approximate surface area is 140 Å². The largest absolute Gasteiger partial charge is 0.421 e. The van der Waals surface area contributed by atoms with Crippen LogP contribution >= 0.6 is 0 Å². The summed E-state index contributed by atoms with van der Waals surface area (Å²) in [6, 6.07) is 5.28. The van der Waals surface area contributed by atoms with Crippen LogP contribution in [-0.2, 0) is 5.60 Å². The van der Waals surface area contributed by atoms with Crippen molar-refractivity contribution in [1.29, 1.82) is 0 Å². The summed E-state index contributed by atoms with van der Waals surface area (Å²) in [5, 5.41) is 9.69. The lowest BCUT2D eigenvalue weighted by atomic mass is 9.92. The van der Waals surface area contributed by atoms with Gasteiger partial charge in [0, 0.05) is 18.2 Å². The molecule has 1 fully saturated rings. The maximum atomic E-state index is 12.9. The van der Waals surface area contributed by atoms with Crippen molar-refractivity contribution in [3.05, 3.63) is 35.4 Å². The first-order valence-corrected chi connectivity index (χ1v) is 8.39. The molecule has 1 aliphatic carbocycles. The van der Waals surface area contributed by atoms with Crippen molar-refractivity contribution in [3.63, 3.8) is 0 Å². The molecule has 134 valence electrons. The Morgan fingerprint density at radius 1 is 1.17 bits per heavy atom. The maximum Gasteiger partial charge on any atom is 0.421 e. The number of carbonyl (C=O) groups is 1. The molecule has 24 heavy (non-hydrogen) atoms. The molecule has 2 rings (SSSR count). The van der Waals surface area contributed by atoms with Crippen LogP contribution in [0.4, 0.5) is 13.2 Å². The van der Waals surface area contributed by atoms with Gasteiger partial charge in [-0.05, 0) is 44.4 Å². The average Bonchev–Trinajstić information content (AvgIpc) is 2.55. The van der Waals surface area contributed by atoms with Crippen molar-refractivity contribution in [2.24, 2.45) is 0 Å². The molecule has 0 unspecified atom stereocenters. The number of nitrogens with zero attached hydrogens (tertiary/aromatic N) is 1. The van der Waals surface area contributed by atoms with E-state index >= 15 is 0 Å². The third-order valence-electron chi connectivity index (χ3n) is 4.86. The van der Waals surface area contributed by atoms with E-state index in [0.29, 0.717) is 19.0 Å². The minimum atomic E-state index is -4.77. The Morgan fingerprint density at radius 2 is 1.71 bits per heavy atom. The fraction of sp³-hybridized carbons (Fsp3) is 0.611. The molecule has 1 aliphatic rings. The molecule has 0 radical (unpaired) electrons. The summed E-state index contributed by atoms with van der Waals surface area (Å²) in [6.07, 6.45) is 0.560. The minimum Gasteiger partial charge on any atom is -0.376 e. The summed E-state index contributed by atoms with van der Waals surface area (Å²) in [7, 11) is 0. The normalized spacial score (nSPS) is 18.9. The zero-order valence-electron chi connectivity index (χ0n) is 14.1. The highest BCUT2D eigenvalue weighted by Gasteiger charge is 2.51. The van der Waals surface area contributed by atoms with Gasteiger partial charge in [0.2, 0.25) is 0 Å². The number of halogens is 3. The molecule has 0 heterocycles. The zero-order chi connectivity index (χ0) is 18.0. The predicted octanol–water partition coefficient (Wildman–Crippen LogP) is 4.25. The van der Waals surface area contributed by atoms with E-state index in [0.717, 1.165) is 25.7 Å². The van der Waals surface area contributed by atoms with Crippen LogP contribution in [0.1, 0.15) is 61.9 Å². The molecular formula is C18H24F3NO2. The Balaban J connectivity index is 2.18. The fourth-order valence-corrected chi connectivity index (χ4v) is 3.23. The van der Waals surface area contributed by atoms with Crippen molar-refractivity contribution >= 4 is 5.91 Å². The number of aliphatic hydroxyl groups is 1. The number of rotatable bonds is 4. The Bertz CT molecular complexity index is 561. The first-order valence-electron chi connectivity index (χ1n) is 8.39. The van der Waals surface area contributed by atoms with Gasteiger partial charge in [0.25, 0.3) is 5.91 Å². The predicted molar refractivity (Wildman–Crippen MR) is 85.7 cm³/mol. The second kappa shape index (κ2) is 7.13. The summed E-state index contributed by atoms with van der Waals surface area (Å²) in [5.41, 5.74) is -2.85.